The van der Waals surface area contributed by atoms with E-state index in [1.165, 1.54) is 24.8 Å². The van der Waals surface area contributed by atoms with Gasteiger partial charge >= 0.3 is 0 Å². The molecule has 2 heterocycles. The second-order valence-corrected chi connectivity index (χ2v) is 3.62. The average Bonchev–Trinajstić information content (AvgIpc) is 2.33. The molecule has 0 atom stereocenters. The zero-order valence-electron chi connectivity index (χ0n) is 7.96. The first-order valence-electron chi connectivity index (χ1n) is 4.31. The molecule has 0 bridgehead atoms. The first-order valence-corrected chi connectivity index (χ1v) is 5.10. The second kappa shape index (κ2) is 4.75. The standard InChI is InChI=1S/C9H6BrN5O/c10-7-4-12-8(5-11-7)15-9(16)6-1-2-13-14-3-6/h1-5H,(H,12,15,16). The Balaban J connectivity index is 2.11. The number of hydrogen-bond acceptors (Lipinski definition) is 5. The average molecular weight is 280 g/mol. The van der Waals surface area contributed by atoms with Gasteiger partial charge in [0.1, 0.15) is 4.60 Å². The Morgan fingerprint density at radius 1 is 1.19 bits per heavy atom. The third-order valence-electron chi connectivity index (χ3n) is 1.71. The Morgan fingerprint density at radius 2 is 2.06 bits per heavy atom. The third-order valence-corrected chi connectivity index (χ3v) is 2.12. The minimum Gasteiger partial charge on any atom is -0.305 e. The molecule has 0 aliphatic heterocycles. The molecule has 1 N–H and O–H groups in total. The zero-order valence-corrected chi connectivity index (χ0v) is 9.55. The smallest absolute Gasteiger partial charge is 0.258 e. The molecule has 0 aliphatic rings. The molecule has 0 saturated heterocycles. The molecule has 0 radical (unpaired) electrons. The Morgan fingerprint density at radius 3 is 2.69 bits per heavy atom. The van der Waals surface area contributed by atoms with Crippen molar-refractivity contribution in [2.75, 3.05) is 5.32 Å². The first kappa shape index (κ1) is 10.6. The maximum Gasteiger partial charge on any atom is 0.258 e. The van der Waals surface area contributed by atoms with Crippen LogP contribution in [0.2, 0.25) is 0 Å². The minimum absolute atomic E-state index is 0.300. The van der Waals surface area contributed by atoms with E-state index in [0.29, 0.717) is 16.0 Å². The molecular weight excluding hydrogens is 274 g/mol. The van der Waals surface area contributed by atoms with Gasteiger partial charge in [-0.3, -0.25) is 4.79 Å². The van der Waals surface area contributed by atoms with E-state index in [4.69, 9.17) is 0 Å². The van der Waals surface area contributed by atoms with Gasteiger partial charge in [0.15, 0.2) is 5.82 Å². The maximum absolute atomic E-state index is 11.6. The van der Waals surface area contributed by atoms with Crippen molar-refractivity contribution < 1.29 is 4.79 Å². The summed E-state index contributed by atoms with van der Waals surface area (Å²) >= 11 is 3.15. The summed E-state index contributed by atoms with van der Waals surface area (Å²) in [5.41, 5.74) is 0.416. The lowest BCUT2D eigenvalue weighted by atomic mass is 10.3. The van der Waals surface area contributed by atoms with Gasteiger partial charge in [0, 0.05) is 0 Å². The van der Waals surface area contributed by atoms with Crippen LogP contribution in [0.1, 0.15) is 10.4 Å². The van der Waals surface area contributed by atoms with E-state index in [1.807, 2.05) is 0 Å². The van der Waals surface area contributed by atoms with Crippen LogP contribution in [0.25, 0.3) is 0 Å². The van der Waals surface area contributed by atoms with Crippen molar-refractivity contribution in [3.63, 3.8) is 0 Å². The van der Waals surface area contributed by atoms with Crippen molar-refractivity contribution in [2.45, 2.75) is 0 Å². The van der Waals surface area contributed by atoms with Crippen LogP contribution in [-0.2, 0) is 0 Å². The Kier molecular flexibility index (Phi) is 3.16. The largest absolute Gasteiger partial charge is 0.305 e. The van der Waals surface area contributed by atoms with Crippen LogP contribution in [0.3, 0.4) is 0 Å². The number of aromatic nitrogens is 4. The fraction of sp³-hybridized carbons (Fsp3) is 0. The molecule has 6 nitrogen and oxygen atoms in total. The van der Waals surface area contributed by atoms with Gasteiger partial charge in [0.2, 0.25) is 0 Å². The molecule has 0 fully saturated rings. The highest BCUT2D eigenvalue weighted by molar-refractivity contribution is 9.10. The molecule has 16 heavy (non-hydrogen) atoms. The van der Waals surface area contributed by atoms with Crippen molar-refractivity contribution in [1.29, 1.82) is 0 Å². The molecule has 2 aromatic heterocycles. The number of nitrogens with one attached hydrogen (secondary N) is 1. The number of amides is 1. The SMILES string of the molecule is O=C(Nc1cnc(Br)cn1)c1ccnnc1. The number of nitrogens with zero attached hydrogens (tertiary/aromatic N) is 4. The van der Waals surface area contributed by atoms with Crippen LogP contribution >= 0.6 is 15.9 Å². The summed E-state index contributed by atoms with van der Waals surface area (Å²) in [7, 11) is 0. The van der Waals surface area contributed by atoms with Gasteiger partial charge in [-0.05, 0) is 22.0 Å². The molecule has 0 saturated carbocycles. The second-order valence-electron chi connectivity index (χ2n) is 2.81. The molecule has 2 rings (SSSR count). The Labute approximate surface area is 99.3 Å². The minimum atomic E-state index is -0.300. The maximum atomic E-state index is 11.6. The van der Waals surface area contributed by atoms with Crippen LogP contribution in [0, 0.1) is 0 Å². The summed E-state index contributed by atoms with van der Waals surface area (Å²) in [5.74, 6) is 0.0801. The van der Waals surface area contributed by atoms with E-state index in [-0.39, 0.29) is 5.91 Å². The lowest BCUT2D eigenvalue weighted by Crippen LogP contribution is -2.13. The van der Waals surface area contributed by atoms with E-state index in [1.54, 1.807) is 6.07 Å². The lowest BCUT2D eigenvalue weighted by Gasteiger charge is -2.02. The van der Waals surface area contributed by atoms with Crippen LogP contribution in [0.5, 0.6) is 0 Å². The molecule has 7 heteroatoms. The normalized spacial score (nSPS) is 9.81. The molecule has 1 amide bonds. The quantitative estimate of drug-likeness (QED) is 0.896. The van der Waals surface area contributed by atoms with Gasteiger partial charge in [-0.25, -0.2) is 9.97 Å². The number of carbonyl (C=O) groups is 1. The zero-order chi connectivity index (χ0) is 11.4. The molecular formula is C9H6BrN5O. The summed E-state index contributed by atoms with van der Waals surface area (Å²) in [6, 6.07) is 1.56. The van der Waals surface area contributed by atoms with E-state index < -0.39 is 0 Å². The molecule has 0 aromatic carbocycles. The van der Waals surface area contributed by atoms with Crippen LogP contribution in [0.15, 0.2) is 35.5 Å². The van der Waals surface area contributed by atoms with Crippen molar-refractivity contribution >= 4 is 27.7 Å². The highest BCUT2D eigenvalue weighted by atomic mass is 79.9. The van der Waals surface area contributed by atoms with Crippen molar-refractivity contribution in [1.82, 2.24) is 20.2 Å². The van der Waals surface area contributed by atoms with Crippen molar-refractivity contribution in [3.8, 4) is 0 Å². The summed E-state index contributed by atoms with van der Waals surface area (Å²) in [6.45, 7) is 0. The molecule has 0 unspecified atom stereocenters. The summed E-state index contributed by atoms with van der Waals surface area (Å²) in [6.07, 6.45) is 5.78. The highest BCUT2D eigenvalue weighted by Gasteiger charge is 2.06. The van der Waals surface area contributed by atoms with Crippen LogP contribution in [0.4, 0.5) is 5.82 Å². The molecule has 0 spiro atoms. The number of rotatable bonds is 2. The fourth-order valence-corrected chi connectivity index (χ4v) is 1.20. The predicted octanol–water partition coefficient (Wildman–Crippen LogP) is 1.28. The van der Waals surface area contributed by atoms with Crippen molar-refractivity contribution in [3.05, 3.63) is 41.0 Å². The number of hydrogen-bond donors (Lipinski definition) is 1. The molecule has 80 valence electrons. The molecule has 2 aromatic rings. The van der Waals surface area contributed by atoms with Crippen molar-refractivity contribution in [2.24, 2.45) is 0 Å². The lowest BCUT2D eigenvalue weighted by molar-refractivity contribution is 0.102. The highest BCUT2D eigenvalue weighted by Crippen LogP contribution is 2.07. The van der Waals surface area contributed by atoms with Gasteiger partial charge in [0.25, 0.3) is 5.91 Å². The van der Waals surface area contributed by atoms with Gasteiger partial charge in [-0.1, -0.05) is 0 Å². The first-order chi connectivity index (χ1) is 7.75. The molecule has 0 aliphatic carbocycles. The van der Waals surface area contributed by atoms with Crippen LogP contribution in [-0.4, -0.2) is 26.1 Å². The van der Waals surface area contributed by atoms with E-state index in [9.17, 15) is 4.79 Å². The number of halogens is 1. The third kappa shape index (κ3) is 2.57. The monoisotopic (exact) mass is 279 g/mol. The van der Waals surface area contributed by atoms with Gasteiger partial charge < -0.3 is 5.32 Å². The van der Waals surface area contributed by atoms with E-state index >= 15 is 0 Å². The summed E-state index contributed by atoms with van der Waals surface area (Å²) < 4.78 is 0.607. The van der Waals surface area contributed by atoms with E-state index in [2.05, 4.69) is 41.4 Å². The number of anilines is 1. The Bertz CT molecular complexity index is 487. The topological polar surface area (TPSA) is 80.7 Å². The predicted molar refractivity (Wildman–Crippen MR) is 59.7 cm³/mol. The van der Waals surface area contributed by atoms with Gasteiger partial charge in [-0.15, -0.1) is 0 Å². The van der Waals surface area contributed by atoms with E-state index in [0.717, 1.165) is 0 Å². The summed E-state index contributed by atoms with van der Waals surface area (Å²) in [5, 5.41) is 9.77. The number of carbonyl (C=O) groups excluding carboxylic acids is 1. The van der Waals surface area contributed by atoms with Gasteiger partial charge in [-0.2, -0.15) is 10.2 Å². The Hall–Kier alpha value is -1.89. The van der Waals surface area contributed by atoms with Gasteiger partial charge in [0.05, 0.1) is 30.4 Å². The fourth-order valence-electron chi connectivity index (χ4n) is 0.990. The van der Waals surface area contributed by atoms with Crippen LogP contribution < -0.4 is 5.32 Å². The summed E-state index contributed by atoms with van der Waals surface area (Å²) in [4.78, 5) is 19.5.